The highest BCUT2D eigenvalue weighted by atomic mass is 16.5. The number of anilines is 1. The van der Waals surface area contributed by atoms with Crippen molar-refractivity contribution in [1.29, 1.82) is 0 Å². The number of ether oxygens (including phenoxy) is 1. The van der Waals surface area contributed by atoms with E-state index in [9.17, 15) is 5.11 Å². The fourth-order valence-electron chi connectivity index (χ4n) is 1.58. The van der Waals surface area contributed by atoms with Crippen LogP contribution in [-0.4, -0.2) is 38.0 Å². The van der Waals surface area contributed by atoms with Crippen molar-refractivity contribution in [2.75, 3.05) is 32.1 Å². The van der Waals surface area contributed by atoms with E-state index in [2.05, 4.69) is 4.90 Å². The number of aliphatic hydroxyl groups is 1. The normalized spacial score (nSPS) is 14.2. The lowest BCUT2D eigenvalue weighted by atomic mass is 10.0. The van der Waals surface area contributed by atoms with Crippen LogP contribution in [0.4, 0.5) is 5.69 Å². The van der Waals surface area contributed by atoms with Gasteiger partial charge in [-0.05, 0) is 25.5 Å². The number of nitrogens with zero attached hydrogens (tertiary/aromatic N) is 1. The van der Waals surface area contributed by atoms with Gasteiger partial charge in [0.15, 0.2) is 0 Å². The van der Waals surface area contributed by atoms with Crippen molar-refractivity contribution in [3.8, 4) is 5.75 Å². The van der Waals surface area contributed by atoms with Gasteiger partial charge >= 0.3 is 0 Å². The molecule has 0 spiro atoms. The summed E-state index contributed by atoms with van der Waals surface area (Å²) >= 11 is 0. The lowest BCUT2D eigenvalue weighted by Crippen LogP contribution is -2.37. The minimum atomic E-state index is -0.809. The van der Waals surface area contributed by atoms with E-state index in [1.807, 2.05) is 31.3 Å². The average Bonchev–Trinajstić information content (AvgIpc) is 2.36. The summed E-state index contributed by atoms with van der Waals surface area (Å²) < 4.78 is 5.30. The van der Waals surface area contributed by atoms with E-state index in [-0.39, 0.29) is 6.54 Å². The third-order valence-corrected chi connectivity index (χ3v) is 2.92. The van der Waals surface area contributed by atoms with Crippen LogP contribution in [0.1, 0.15) is 13.3 Å². The molecule has 1 atom stereocenters. The zero-order valence-corrected chi connectivity index (χ0v) is 10.8. The molecule has 1 unspecified atom stereocenters. The Hall–Kier alpha value is -1.26. The first kappa shape index (κ1) is 13.8. The molecule has 1 aromatic rings. The van der Waals surface area contributed by atoms with E-state index in [1.165, 1.54) is 0 Å². The molecule has 0 aliphatic carbocycles. The van der Waals surface area contributed by atoms with Crippen molar-refractivity contribution in [3.05, 3.63) is 24.3 Å². The smallest absolute Gasteiger partial charge is 0.142 e. The summed E-state index contributed by atoms with van der Waals surface area (Å²) in [6, 6.07) is 7.82. The molecule has 3 N–H and O–H groups in total. The van der Waals surface area contributed by atoms with Gasteiger partial charge in [-0.25, -0.2) is 0 Å². The van der Waals surface area contributed by atoms with Crippen molar-refractivity contribution in [1.82, 2.24) is 0 Å². The van der Waals surface area contributed by atoms with Crippen LogP contribution in [0.2, 0.25) is 0 Å². The van der Waals surface area contributed by atoms with E-state index < -0.39 is 5.60 Å². The Morgan fingerprint density at radius 3 is 2.65 bits per heavy atom. The number of hydrogen-bond donors (Lipinski definition) is 2. The summed E-state index contributed by atoms with van der Waals surface area (Å²) in [7, 11) is 3.63. The molecule has 0 amide bonds. The second-order valence-electron chi connectivity index (χ2n) is 4.54. The van der Waals surface area contributed by atoms with Crippen LogP contribution >= 0.6 is 0 Å². The lowest BCUT2D eigenvalue weighted by molar-refractivity contribution is 0.0623. The molecule has 1 rings (SSSR count). The highest BCUT2D eigenvalue weighted by Gasteiger charge is 2.19. The molecule has 0 bridgehead atoms. The molecule has 0 aliphatic rings. The average molecular weight is 238 g/mol. The Morgan fingerprint density at radius 2 is 2.06 bits per heavy atom. The number of rotatable bonds is 6. The Balaban J connectivity index is 2.67. The largest absolute Gasteiger partial charge is 0.495 e. The SMILES string of the molecule is COc1ccccc1N(C)CCC(C)(O)CN. The fourth-order valence-corrected chi connectivity index (χ4v) is 1.58. The first-order chi connectivity index (χ1) is 8.00. The van der Waals surface area contributed by atoms with Crippen molar-refractivity contribution >= 4 is 5.69 Å². The standard InChI is InChI=1S/C13H22N2O2/c1-13(16,10-14)8-9-15(2)11-6-4-5-7-12(11)17-3/h4-7,16H,8-10,14H2,1-3H3. The molecule has 0 aromatic heterocycles. The van der Waals surface area contributed by atoms with Crippen LogP contribution in [0.3, 0.4) is 0 Å². The second-order valence-corrected chi connectivity index (χ2v) is 4.54. The molecule has 0 saturated heterocycles. The van der Waals surface area contributed by atoms with Crippen LogP contribution < -0.4 is 15.4 Å². The topological polar surface area (TPSA) is 58.7 Å². The van der Waals surface area contributed by atoms with Gasteiger partial charge in [-0.1, -0.05) is 12.1 Å². The van der Waals surface area contributed by atoms with Crippen molar-refractivity contribution in [2.24, 2.45) is 5.73 Å². The maximum atomic E-state index is 9.86. The van der Waals surface area contributed by atoms with Crippen molar-refractivity contribution in [2.45, 2.75) is 18.9 Å². The molecule has 1 aromatic carbocycles. The maximum absolute atomic E-state index is 9.86. The van der Waals surface area contributed by atoms with Crippen molar-refractivity contribution < 1.29 is 9.84 Å². The second kappa shape index (κ2) is 5.89. The first-order valence-corrected chi connectivity index (χ1v) is 5.77. The van der Waals surface area contributed by atoms with Crippen LogP contribution in [0.15, 0.2) is 24.3 Å². The quantitative estimate of drug-likeness (QED) is 0.782. The van der Waals surface area contributed by atoms with Gasteiger partial charge in [-0.2, -0.15) is 0 Å². The molecule has 96 valence electrons. The predicted octanol–water partition coefficient (Wildman–Crippen LogP) is 1.23. The van der Waals surface area contributed by atoms with Gasteiger partial charge in [-0.15, -0.1) is 0 Å². The van der Waals surface area contributed by atoms with Gasteiger partial charge in [-0.3, -0.25) is 0 Å². The van der Waals surface area contributed by atoms with E-state index in [4.69, 9.17) is 10.5 Å². The Morgan fingerprint density at radius 1 is 1.41 bits per heavy atom. The molecular formula is C13H22N2O2. The van der Waals surface area contributed by atoms with Gasteiger partial charge in [0.25, 0.3) is 0 Å². The maximum Gasteiger partial charge on any atom is 0.142 e. The summed E-state index contributed by atoms with van der Waals surface area (Å²) in [5.41, 5.74) is 5.70. The fraction of sp³-hybridized carbons (Fsp3) is 0.538. The van der Waals surface area contributed by atoms with Gasteiger partial charge < -0.3 is 20.5 Å². The number of methoxy groups -OCH3 is 1. The van der Waals surface area contributed by atoms with Crippen molar-refractivity contribution in [3.63, 3.8) is 0 Å². The minimum absolute atomic E-state index is 0.271. The molecular weight excluding hydrogens is 216 g/mol. The summed E-state index contributed by atoms with van der Waals surface area (Å²) in [6.07, 6.45) is 0.623. The molecule has 17 heavy (non-hydrogen) atoms. The number of nitrogens with two attached hydrogens (primary N) is 1. The summed E-state index contributed by atoms with van der Waals surface area (Å²) in [5, 5.41) is 9.86. The highest BCUT2D eigenvalue weighted by molar-refractivity contribution is 5.57. The van der Waals surface area contributed by atoms with E-state index >= 15 is 0 Å². The first-order valence-electron chi connectivity index (χ1n) is 5.77. The molecule has 0 fully saturated rings. The van der Waals surface area contributed by atoms with E-state index in [1.54, 1.807) is 14.0 Å². The molecule has 0 aliphatic heterocycles. The predicted molar refractivity (Wildman–Crippen MR) is 70.6 cm³/mol. The third kappa shape index (κ3) is 3.91. The Bertz CT molecular complexity index is 353. The van der Waals surface area contributed by atoms with Gasteiger partial charge in [0, 0.05) is 20.1 Å². The molecule has 0 saturated carbocycles. The number of para-hydroxylation sites is 2. The van der Waals surface area contributed by atoms with Crippen LogP contribution in [0.25, 0.3) is 0 Å². The zero-order chi connectivity index (χ0) is 12.9. The molecule has 4 nitrogen and oxygen atoms in total. The zero-order valence-electron chi connectivity index (χ0n) is 10.8. The Labute approximate surface area is 103 Å². The lowest BCUT2D eigenvalue weighted by Gasteiger charge is -2.27. The van der Waals surface area contributed by atoms with Gasteiger partial charge in [0.05, 0.1) is 18.4 Å². The monoisotopic (exact) mass is 238 g/mol. The molecule has 0 radical (unpaired) electrons. The summed E-state index contributed by atoms with van der Waals surface area (Å²) in [6.45, 7) is 2.75. The van der Waals surface area contributed by atoms with Crippen LogP contribution in [0, 0.1) is 0 Å². The molecule has 0 heterocycles. The van der Waals surface area contributed by atoms with E-state index in [0.29, 0.717) is 6.42 Å². The summed E-state index contributed by atoms with van der Waals surface area (Å²) in [5.74, 6) is 0.836. The van der Waals surface area contributed by atoms with Crippen LogP contribution in [-0.2, 0) is 0 Å². The highest BCUT2D eigenvalue weighted by Crippen LogP contribution is 2.27. The third-order valence-electron chi connectivity index (χ3n) is 2.92. The number of benzene rings is 1. The van der Waals surface area contributed by atoms with Gasteiger partial charge in [0.1, 0.15) is 5.75 Å². The summed E-state index contributed by atoms with van der Waals surface area (Å²) in [4.78, 5) is 2.06. The van der Waals surface area contributed by atoms with E-state index in [0.717, 1.165) is 18.0 Å². The minimum Gasteiger partial charge on any atom is -0.495 e. The van der Waals surface area contributed by atoms with Crippen LogP contribution in [0.5, 0.6) is 5.75 Å². The Kier molecular flexibility index (Phi) is 4.78. The number of hydrogen-bond acceptors (Lipinski definition) is 4. The van der Waals surface area contributed by atoms with Gasteiger partial charge in [0.2, 0.25) is 0 Å². The molecule has 4 heteroatoms.